The molecule has 1 aromatic rings. The van der Waals surface area contributed by atoms with Crippen LogP contribution in [0.2, 0.25) is 5.02 Å². The Bertz CT molecular complexity index is 444. The first-order chi connectivity index (χ1) is 8.63. The highest BCUT2D eigenvalue weighted by atomic mass is 35.5. The molecule has 0 radical (unpaired) electrons. The summed E-state index contributed by atoms with van der Waals surface area (Å²) >= 11 is 11.5. The lowest BCUT2D eigenvalue weighted by Crippen LogP contribution is -2.29. The number of rotatable bonds is 5. The van der Waals surface area contributed by atoms with Crippen molar-refractivity contribution in [1.29, 1.82) is 0 Å². The lowest BCUT2D eigenvalue weighted by Gasteiger charge is -2.17. The standard InChI is InChI=1S/C14H19ClN2S/c1-4-9-16-14(18)17-13-10(5-2)7-8-12(15)11(13)6-3/h4,7-8H,1,5-6,9H2,2-3H3,(H2,16,17,18). The van der Waals surface area contributed by atoms with E-state index in [0.29, 0.717) is 11.7 Å². The highest BCUT2D eigenvalue weighted by molar-refractivity contribution is 7.80. The molecule has 0 aromatic heterocycles. The third-order valence-corrected chi connectivity index (χ3v) is 3.32. The first-order valence-electron chi connectivity index (χ1n) is 6.10. The monoisotopic (exact) mass is 282 g/mol. The Labute approximate surface area is 119 Å². The lowest BCUT2D eigenvalue weighted by molar-refractivity contribution is 1.05. The number of hydrogen-bond donors (Lipinski definition) is 2. The molecular formula is C14H19ClN2S. The largest absolute Gasteiger partial charge is 0.359 e. The zero-order valence-electron chi connectivity index (χ0n) is 10.8. The quantitative estimate of drug-likeness (QED) is 0.632. The summed E-state index contributed by atoms with van der Waals surface area (Å²) in [5, 5.41) is 7.69. The Morgan fingerprint density at radius 3 is 2.67 bits per heavy atom. The first kappa shape index (κ1) is 15.0. The number of nitrogens with one attached hydrogen (secondary N) is 2. The Kier molecular flexibility index (Phi) is 6.16. The minimum absolute atomic E-state index is 0.599. The van der Waals surface area contributed by atoms with E-state index in [1.807, 2.05) is 12.1 Å². The molecule has 0 saturated heterocycles. The van der Waals surface area contributed by atoms with Crippen LogP contribution in [0.25, 0.3) is 0 Å². The fraction of sp³-hybridized carbons (Fsp3) is 0.357. The molecule has 0 saturated carbocycles. The van der Waals surface area contributed by atoms with Gasteiger partial charge in [-0.05, 0) is 42.3 Å². The number of anilines is 1. The van der Waals surface area contributed by atoms with Gasteiger partial charge < -0.3 is 10.6 Å². The second kappa shape index (κ2) is 7.39. The summed E-state index contributed by atoms with van der Waals surface area (Å²) in [4.78, 5) is 0. The van der Waals surface area contributed by atoms with Crippen LogP contribution in [-0.2, 0) is 12.8 Å². The van der Waals surface area contributed by atoms with E-state index in [9.17, 15) is 0 Å². The second-order valence-corrected chi connectivity index (χ2v) is 4.71. The lowest BCUT2D eigenvalue weighted by atomic mass is 10.0. The fourth-order valence-corrected chi connectivity index (χ4v) is 2.27. The van der Waals surface area contributed by atoms with E-state index in [2.05, 4.69) is 31.1 Å². The summed E-state index contributed by atoms with van der Waals surface area (Å²) in [6.07, 6.45) is 3.59. The third kappa shape index (κ3) is 3.72. The molecule has 0 amide bonds. The van der Waals surface area contributed by atoms with Crippen molar-refractivity contribution in [3.05, 3.63) is 40.9 Å². The molecule has 0 spiro atoms. The van der Waals surface area contributed by atoms with Gasteiger partial charge in [0.05, 0.1) is 0 Å². The zero-order chi connectivity index (χ0) is 13.5. The van der Waals surface area contributed by atoms with Crippen molar-refractivity contribution >= 4 is 34.6 Å². The smallest absolute Gasteiger partial charge is 0.171 e. The van der Waals surface area contributed by atoms with Gasteiger partial charge >= 0.3 is 0 Å². The van der Waals surface area contributed by atoms with Gasteiger partial charge in [0.2, 0.25) is 0 Å². The van der Waals surface area contributed by atoms with Gasteiger partial charge in [0.1, 0.15) is 0 Å². The molecule has 0 atom stereocenters. The van der Waals surface area contributed by atoms with Gasteiger partial charge in [-0.3, -0.25) is 0 Å². The molecule has 0 aliphatic heterocycles. The van der Waals surface area contributed by atoms with Gasteiger partial charge in [0.25, 0.3) is 0 Å². The van der Waals surface area contributed by atoms with Crippen LogP contribution in [0.3, 0.4) is 0 Å². The first-order valence-corrected chi connectivity index (χ1v) is 6.88. The molecule has 0 bridgehead atoms. The van der Waals surface area contributed by atoms with Crippen molar-refractivity contribution in [2.24, 2.45) is 0 Å². The predicted molar refractivity (Wildman–Crippen MR) is 84.6 cm³/mol. The van der Waals surface area contributed by atoms with Crippen LogP contribution in [0, 0.1) is 0 Å². The molecule has 98 valence electrons. The van der Waals surface area contributed by atoms with Crippen LogP contribution in [-0.4, -0.2) is 11.7 Å². The van der Waals surface area contributed by atoms with E-state index in [1.54, 1.807) is 6.08 Å². The average molecular weight is 283 g/mol. The molecule has 1 rings (SSSR count). The highest BCUT2D eigenvalue weighted by Gasteiger charge is 2.11. The molecule has 1 aromatic carbocycles. The van der Waals surface area contributed by atoms with Crippen LogP contribution < -0.4 is 10.6 Å². The van der Waals surface area contributed by atoms with Crippen molar-refractivity contribution in [2.75, 3.05) is 11.9 Å². The number of thiocarbonyl (C=S) groups is 1. The van der Waals surface area contributed by atoms with Gasteiger partial charge in [-0.15, -0.1) is 6.58 Å². The topological polar surface area (TPSA) is 24.1 Å². The SMILES string of the molecule is C=CCNC(=S)Nc1c(CC)ccc(Cl)c1CC. The average Bonchev–Trinajstić information content (AvgIpc) is 2.37. The Morgan fingerprint density at radius 2 is 2.11 bits per heavy atom. The summed E-state index contributed by atoms with van der Waals surface area (Å²) in [6.45, 7) is 8.51. The maximum atomic E-state index is 6.23. The van der Waals surface area contributed by atoms with Crippen molar-refractivity contribution in [3.8, 4) is 0 Å². The molecule has 0 unspecified atom stereocenters. The molecule has 2 nitrogen and oxygen atoms in total. The van der Waals surface area contributed by atoms with Gasteiger partial charge in [-0.25, -0.2) is 0 Å². The van der Waals surface area contributed by atoms with E-state index in [4.69, 9.17) is 23.8 Å². The van der Waals surface area contributed by atoms with E-state index in [-0.39, 0.29) is 0 Å². The Morgan fingerprint density at radius 1 is 1.39 bits per heavy atom. The molecule has 0 aliphatic rings. The number of halogens is 1. The van der Waals surface area contributed by atoms with Crippen molar-refractivity contribution < 1.29 is 0 Å². The van der Waals surface area contributed by atoms with Gasteiger partial charge in [-0.1, -0.05) is 37.6 Å². The predicted octanol–water partition coefficient (Wildman–Crippen LogP) is 3.94. The summed E-state index contributed by atoms with van der Waals surface area (Å²) in [6, 6.07) is 3.99. The van der Waals surface area contributed by atoms with E-state index in [1.165, 1.54) is 5.56 Å². The van der Waals surface area contributed by atoms with Crippen molar-refractivity contribution in [3.63, 3.8) is 0 Å². The van der Waals surface area contributed by atoms with Gasteiger partial charge in [-0.2, -0.15) is 0 Å². The molecule has 4 heteroatoms. The molecule has 2 N–H and O–H groups in total. The van der Waals surface area contributed by atoms with Gasteiger partial charge in [0.15, 0.2) is 5.11 Å². The van der Waals surface area contributed by atoms with E-state index >= 15 is 0 Å². The van der Waals surface area contributed by atoms with E-state index < -0.39 is 0 Å². The zero-order valence-corrected chi connectivity index (χ0v) is 12.4. The second-order valence-electron chi connectivity index (χ2n) is 3.89. The van der Waals surface area contributed by atoms with Crippen LogP contribution >= 0.6 is 23.8 Å². The van der Waals surface area contributed by atoms with E-state index in [0.717, 1.165) is 29.1 Å². The third-order valence-electron chi connectivity index (χ3n) is 2.72. The minimum atomic E-state index is 0.599. The molecular weight excluding hydrogens is 264 g/mol. The minimum Gasteiger partial charge on any atom is -0.359 e. The van der Waals surface area contributed by atoms with Crippen molar-refractivity contribution in [2.45, 2.75) is 26.7 Å². The summed E-state index contributed by atoms with van der Waals surface area (Å²) in [7, 11) is 0. The molecule has 0 aliphatic carbocycles. The molecule has 0 fully saturated rings. The van der Waals surface area contributed by atoms with Crippen LogP contribution in [0.4, 0.5) is 5.69 Å². The summed E-state index contributed by atoms with van der Waals surface area (Å²) < 4.78 is 0. The van der Waals surface area contributed by atoms with Crippen molar-refractivity contribution in [1.82, 2.24) is 5.32 Å². The van der Waals surface area contributed by atoms with Crippen LogP contribution in [0.1, 0.15) is 25.0 Å². The Balaban J connectivity index is 3.01. The Hall–Kier alpha value is -1.06. The molecule has 18 heavy (non-hydrogen) atoms. The normalized spacial score (nSPS) is 9.94. The van der Waals surface area contributed by atoms with Crippen LogP contribution in [0.15, 0.2) is 24.8 Å². The number of aryl methyl sites for hydroxylation is 1. The van der Waals surface area contributed by atoms with Crippen LogP contribution in [0.5, 0.6) is 0 Å². The highest BCUT2D eigenvalue weighted by Crippen LogP contribution is 2.29. The number of benzene rings is 1. The molecule has 0 heterocycles. The number of hydrogen-bond acceptors (Lipinski definition) is 1. The maximum absolute atomic E-state index is 6.23. The summed E-state index contributed by atoms with van der Waals surface area (Å²) in [5.41, 5.74) is 3.37. The summed E-state index contributed by atoms with van der Waals surface area (Å²) in [5.74, 6) is 0. The van der Waals surface area contributed by atoms with Gasteiger partial charge in [0, 0.05) is 17.3 Å². The maximum Gasteiger partial charge on any atom is 0.171 e. The fourth-order valence-electron chi connectivity index (χ4n) is 1.79.